The Bertz CT molecular complexity index is 596. The highest BCUT2D eigenvalue weighted by Crippen LogP contribution is 2.23. The number of phenols is 1. The lowest BCUT2D eigenvalue weighted by atomic mass is 10.2. The third-order valence-electron chi connectivity index (χ3n) is 4.13. The third kappa shape index (κ3) is 4.44. The Morgan fingerprint density at radius 1 is 1.22 bits per heavy atom. The minimum atomic E-state index is -3.59. The van der Waals surface area contributed by atoms with Crippen molar-refractivity contribution in [1.29, 1.82) is 0 Å². The molecule has 1 aliphatic rings. The van der Waals surface area contributed by atoms with Crippen molar-refractivity contribution in [2.24, 2.45) is 0 Å². The molecule has 1 heterocycles. The number of hydrogen-bond acceptors (Lipinski definition) is 4. The molecule has 1 unspecified atom stereocenters. The zero-order valence-electron chi connectivity index (χ0n) is 13.8. The van der Waals surface area contributed by atoms with E-state index in [1.165, 1.54) is 8.61 Å². The highest BCUT2D eigenvalue weighted by Gasteiger charge is 2.31. The Balaban J connectivity index is 2.25. The lowest BCUT2D eigenvalue weighted by molar-refractivity contribution is 0.0908. The zero-order chi connectivity index (χ0) is 16.9. The van der Waals surface area contributed by atoms with Gasteiger partial charge >= 0.3 is 0 Å². The van der Waals surface area contributed by atoms with E-state index in [-0.39, 0.29) is 18.4 Å². The number of phenolic OH excluding ortho intramolecular Hbond substituents is 1. The van der Waals surface area contributed by atoms with Gasteiger partial charge in [-0.25, -0.2) is 0 Å². The van der Waals surface area contributed by atoms with Crippen LogP contribution in [-0.4, -0.2) is 54.5 Å². The highest BCUT2D eigenvalue weighted by molar-refractivity contribution is 7.86. The van der Waals surface area contributed by atoms with Gasteiger partial charge in [-0.2, -0.15) is 17.0 Å². The van der Waals surface area contributed by atoms with Crippen molar-refractivity contribution >= 4 is 10.2 Å². The SMILES string of the molecule is CCN(CC)S(=O)(=O)N(Cc1ccccc1O)CC1CCCO1. The van der Waals surface area contributed by atoms with Crippen molar-refractivity contribution in [1.82, 2.24) is 8.61 Å². The molecule has 2 rings (SSSR count). The average Bonchev–Trinajstić information content (AvgIpc) is 3.02. The average molecular weight is 342 g/mol. The van der Waals surface area contributed by atoms with Crippen molar-refractivity contribution in [2.75, 3.05) is 26.2 Å². The summed E-state index contributed by atoms with van der Waals surface area (Å²) in [5.41, 5.74) is 0.598. The standard InChI is InChI=1S/C16H26N2O4S/c1-3-17(4-2)23(20,21)18(13-15-9-7-11-22-15)12-14-8-5-6-10-16(14)19/h5-6,8,10,15,19H,3-4,7,9,11-13H2,1-2H3. The summed E-state index contributed by atoms with van der Waals surface area (Å²) in [5, 5.41) is 9.97. The van der Waals surface area contributed by atoms with Crippen LogP contribution in [0.4, 0.5) is 0 Å². The molecule has 0 spiro atoms. The Morgan fingerprint density at radius 3 is 2.48 bits per heavy atom. The first-order valence-corrected chi connectivity index (χ1v) is 9.52. The van der Waals surface area contributed by atoms with Crippen molar-refractivity contribution in [3.8, 4) is 5.75 Å². The first-order valence-electron chi connectivity index (χ1n) is 8.12. The van der Waals surface area contributed by atoms with E-state index in [0.717, 1.165) is 12.8 Å². The van der Waals surface area contributed by atoms with E-state index in [1.807, 2.05) is 13.8 Å². The number of nitrogens with zero attached hydrogens (tertiary/aromatic N) is 2. The van der Waals surface area contributed by atoms with E-state index in [9.17, 15) is 13.5 Å². The fraction of sp³-hybridized carbons (Fsp3) is 0.625. The normalized spacial score (nSPS) is 18.9. The molecule has 1 aliphatic heterocycles. The lowest BCUT2D eigenvalue weighted by Crippen LogP contribution is -2.46. The van der Waals surface area contributed by atoms with Crippen LogP contribution in [0.25, 0.3) is 0 Å². The van der Waals surface area contributed by atoms with Crippen molar-refractivity contribution in [3.63, 3.8) is 0 Å². The van der Waals surface area contributed by atoms with E-state index in [0.29, 0.717) is 31.8 Å². The van der Waals surface area contributed by atoms with E-state index in [2.05, 4.69) is 0 Å². The number of para-hydroxylation sites is 1. The third-order valence-corrected chi connectivity index (χ3v) is 6.23. The van der Waals surface area contributed by atoms with Gasteiger partial charge in [0.25, 0.3) is 10.2 Å². The van der Waals surface area contributed by atoms with Crippen LogP contribution >= 0.6 is 0 Å². The van der Waals surface area contributed by atoms with E-state index in [1.54, 1.807) is 24.3 Å². The van der Waals surface area contributed by atoms with Gasteiger partial charge in [0, 0.05) is 38.3 Å². The highest BCUT2D eigenvalue weighted by atomic mass is 32.2. The molecule has 1 aromatic rings. The molecule has 1 saturated heterocycles. The maximum Gasteiger partial charge on any atom is 0.282 e. The van der Waals surface area contributed by atoms with Gasteiger partial charge in [-0.15, -0.1) is 0 Å². The minimum absolute atomic E-state index is 0.0776. The Kier molecular flexibility index (Phi) is 6.41. The first kappa shape index (κ1) is 18.2. The minimum Gasteiger partial charge on any atom is -0.508 e. The second-order valence-electron chi connectivity index (χ2n) is 5.65. The second kappa shape index (κ2) is 8.10. The van der Waals surface area contributed by atoms with Crippen LogP contribution in [-0.2, 0) is 21.5 Å². The van der Waals surface area contributed by atoms with E-state index >= 15 is 0 Å². The molecule has 1 aromatic carbocycles. The van der Waals surface area contributed by atoms with Gasteiger partial charge < -0.3 is 9.84 Å². The molecule has 130 valence electrons. The van der Waals surface area contributed by atoms with Gasteiger partial charge in [0.1, 0.15) is 5.75 Å². The lowest BCUT2D eigenvalue weighted by Gasteiger charge is -2.30. The Labute approximate surface area is 138 Å². The Morgan fingerprint density at radius 2 is 1.91 bits per heavy atom. The summed E-state index contributed by atoms with van der Waals surface area (Å²) in [6.07, 6.45) is 1.75. The number of benzene rings is 1. The maximum atomic E-state index is 12.9. The van der Waals surface area contributed by atoms with Gasteiger partial charge in [0.2, 0.25) is 0 Å². The molecule has 7 heteroatoms. The fourth-order valence-corrected chi connectivity index (χ4v) is 4.44. The molecular formula is C16H26N2O4S. The molecule has 0 aliphatic carbocycles. The van der Waals surface area contributed by atoms with Crippen LogP contribution in [0, 0.1) is 0 Å². The van der Waals surface area contributed by atoms with Crippen LogP contribution in [0.15, 0.2) is 24.3 Å². The quantitative estimate of drug-likeness (QED) is 0.784. The molecule has 1 N–H and O–H groups in total. The summed E-state index contributed by atoms with van der Waals surface area (Å²) in [4.78, 5) is 0. The molecule has 1 atom stereocenters. The van der Waals surface area contributed by atoms with Gasteiger partial charge in [-0.3, -0.25) is 0 Å². The van der Waals surface area contributed by atoms with Crippen molar-refractivity contribution in [3.05, 3.63) is 29.8 Å². The predicted molar refractivity (Wildman–Crippen MR) is 89.3 cm³/mol. The first-order chi connectivity index (χ1) is 11.0. The topological polar surface area (TPSA) is 70.1 Å². The molecule has 23 heavy (non-hydrogen) atoms. The monoisotopic (exact) mass is 342 g/mol. The zero-order valence-corrected chi connectivity index (χ0v) is 14.6. The molecule has 0 amide bonds. The smallest absolute Gasteiger partial charge is 0.282 e. The molecule has 1 fully saturated rings. The van der Waals surface area contributed by atoms with Gasteiger partial charge in [0.15, 0.2) is 0 Å². The van der Waals surface area contributed by atoms with Gasteiger partial charge in [-0.05, 0) is 18.9 Å². The van der Waals surface area contributed by atoms with Crippen molar-refractivity contribution in [2.45, 2.75) is 39.3 Å². The summed E-state index contributed by atoms with van der Waals surface area (Å²) in [6.45, 7) is 5.62. The second-order valence-corrected chi connectivity index (χ2v) is 7.58. The molecule has 6 nitrogen and oxygen atoms in total. The summed E-state index contributed by atoms with van der Waals surface area (Å²) in [5.74, 6) is 0.111. The number of aromatic hydroxyl groups is 1. The summed E-state index contributed by atoms with van der Waals surface area (Å²) >= 11 is 0. The Hall–Kier alpha value is -1.15. The van der Waals surface area contributed by atoms with Crippen LogP contribution in [0.3, 0.4) is 0 Å². The van der Waals surface area contributed by atoms with Crippen LogP contribution in [0.1, 0.15) is 32.3 Å². The van der Waals surface area contributed by atoms with Crippen LogP contribution in [0.5, 0.6) is 5.75 Å². The largest absolute Gasteiger partial charge is 0.508 e. The van der Waals surface area contributed by atoms with E-state index in [4.69, 9.17) is 4.74 Å². The molecule has 0 saturated carbocycles. The summed E-state index contributed by atoms with van der Waals surface area (Å²) in [7, 11) is -3.59. The van der Waals surface area contributed by atoms with E-state index < -0.39 is 10.2 Å². The number of rotatable bonds is 8. The fourth-order valence-electron chi connectivity index (χ4n) is 2.80. The van der Waals surface area contributed by atoms with Crippen molar-refractivity contribution < 1.29 is 18.3 Å². The summed E-state index contributed by atoms with van der Waals surface area (Å²) in [6, 6.07) is 6.84. The predicted octanol–water partition coefficient (Wildman–Crippen LogP) is 1.96. The molecule has 0 radical (unpaired) electrons. The molecule has 0 aromatic heterocycles. The van der Waals surface area contributed by atoms with Gasteiger partial charge in [0.05, 0.1) is 6.10 Å². The van der Waals surface area contributed by atoms with Crippen LogP contribution < -0.4 is 0 Å². The molecular weight excluding hydrogens is 316 g/mol. The number of ether oxygens (including phenoxy) is 1. The summed E-state index contributed by atoms with van der Waals surface area (Å²) < 4.78 is 34.3. The van der Waals surface area contributed by atoms with Gasteiger partial charge in [-0.1, -0.05) is 32.0 Å². The number of hydrogen-bond donors (Lipinski definition) is 1. The van der Waals surface area contributed by atoms with Crippen LogP contribution in [0.2, 0.25) is 0 Å². The maximum absolute atomic E-state index is 12.9. The molecule has 0 bridgehead atoms.